The Balaban J connectivity index is 1.54. The van der Waals surface area contributed by atoms with E-state index in [-0.39, 0.29) is 35.6 Å². The zero-order valence-electron chi connectivity index (χ0n) is 19.0. The number of fused-ring (bicyclic) bond motifs is 1. The fourth-order valence-corrected chi connectivity index (χ4v) is 5.44. The van der Waals surface area contributed by atoms with Crippen LogP contribution in [0.4, 0.5) is 0 Å². The summed E-state index contributed by atoms with van der Waals surface area (Å²) in [5.41, 5.74) is 1.41. The van der Waals surface area contributed by atoms with Crippen LogP contribution in [0.3, 0.4) is 0 Å². The van der Waals surface area contributed by atoms with Gasteiger partial charge in [0.2, 0.25) is 11.8 Å². The van der Waals surface area contributed by atoms with Gasteiger partial charge in [-0.25, -0.2) is 4.98 Å². The number of imide groups is 1. The Bertz CT molecular complexity index is 1210. The minimum atomic E-state index is -0.389. The maximum atomic E-state index is 13.5. The van der Waals surface area contributed by atoms with Gasteiger partial charge in [0.05, 0.1) is 23.1 Å². The topological polar surface area (TPSA) is 81.1 Å². The Morgan fingerprint density at radius 1 is 1.03 bits per heavy atom. The van der Waals surface area contributed by atoms with Gasteiger partial charge in [0, 0.05) is 6.04 Å². The van der Waals surface area contributed by atoms with Crippen LogP contribution >= 0.6 is 11.8 Å². The SMILES string of the molecule is CC1CCCC(n2c(SCC(=O)NC(=O)Cc3ccccc3)nc3ccccc3c2=O)C1C. The van der Waals surface area contributed by atoms with Crippen LogP contribution in [0.2, 0.25) is 0 Å². The molecule has 1 heterocycles. The van der Waals surface area contributed by atoms with Gasteiger partial charge in [0.15, 0.2) is 5.16 Å². The Morgan fingerprint density at radius 2 is 1.76 bits per heavy atom. The number of carbonyl (C=O) groups excluding carboxylic acids is 2. The number of aromatic nitrogens is 2. The Morgan fingerprint density at radius 3 is 2.55 bits per heavy atom. The summed E-state index contributed by atoms with van der Waals surface area (Å²) in [5.74, 6) is 0.131. The van der Waals surface area contributed by atoms with Gasteiger partial charge in [0.1, 0.15) is 0 Å². The highest BCUT2D eigenvalue weighted by molar-refractivity contribution is 7.99. The first-order chi connectivity index (χ1) is 15.9. The summed E-state index contributed by atoms with van der Waals surface area (Å²) in [6.07, 6.45) is 3.28. The van der Waals surface area contributed by atoms with Crippen LogP contribution in [0.1, 0.15) is 44.7 Å². The van der Waals surface area contributed by atoms with Gasteiger partial charge in [-0.15, -0.1) is 0 Å². The van der Waals surface area contributed by atoms with Crippen molar-refractivity contribution in [3.05, 3.63) is 70.5 Å². The number of benzene rings is 2. The highest BCUT2D eigenvalue weighted by atomic mass is 32.2. The molecule has 0 aliphatic heterocycles. The molecule has 0 radical (unpaired) electrons. The second-order valence-corrected chi connectivity index (χ2v) is 9.79. The number of hydrogen-bond acceptors (Lipinski definition) is 5. The second kappa shape index (κ2) is 10.3. The van der Waals surface area contributed by atoms with Gasteiger partial charge >= 0.3 is 0 Å². The summed E-state index contributed by atoms with van der Waals surface area (Å²) >= 11 is 1.22. The van der Waals surface area contributed by atoms with Crippen molar-refractivity contribution in [2.24, 2.45) is 11.8 Å². The first-order valence-corrected chi connectivity index (χ1v) is 12.4. The molecule has 1 aromatic heterocycles. The van der Waals surface area contributed by atoms with Crippen LogP contribution in [-0.4, -0.2) is 27.1 Å². The molecule has 0 bridgehead atoms. The van der Waals surface area contributed by atoms with E-state index in [1.54, 1.807) is 4.57 Å². The van der Waals surface area contributed by atoms with Crippen LogP contribution in [0.25, 0.3) is 10.9 Å². The summed E-state index contributed by atoms with van der Waals surface area (Å²) < 4.78 is 1.80. The molecule has 3 aromatic rings. The molecular formula is C26H29N3O3S. The fourth-order valence-electron chi connectivity index (χ4n) is 4.59. The Hall–Kier alpha value is -2.93. The van der Waals surface area contributed by atoms with Gasteiger partial charge in [-0.2, -0.15) is 0 Å². The molecule has 2 aromatic carbocycles. The van der Waals surface area contributed by atoms with Crippen molar-refractivity contribution in [3.8, 4) is 0 Å². The van der Waals surface area contributed by atoms with Crippen molar-refractivity contribution in [1.82, 2.24) is 14.9 Å². The Kier molecular flexibility index (Phi) is 7.28. The monoisotopic (exact) mass is 463 g/mol. The lowest BCUT2D eigenvalue weighted by Crippen LogP contribution is -2.36. The van der Waals surface area contributed by atoms with E-state index < -0.39 is 0 Å². The lowest BCUT2D eigenvalue weighted by molar-refractivity contribution is -0.128. The fraction of sp³-hybridized carbons (Fsp3) is 0.385. The summed E-state index contributed by atoms with van der Waals surface area (Å²) in [6.45, 7) is 4.43. The van der Waals surface area contributed by atoms with E-state index in [1.165, 1.54) is 11.8 Å². The van der Waals surface area contributed by atoms with Gasteiger partial charge in [-0.1, -0.05) is 80.9 Å². The van der Waals surface area contributed by atoms with E-state index in [0.29, 0.717) is 27.9 Å². The minimum Gasteiger partial charge on any atom is -0.295 e. The third-order valence-electron chi connectivity index (χ3n) is 6.59. The minimum absolute atomic E-state index is 0.0158. The first-order valence-electron chi connectivity index (χ1n) is 11.4. The second-order valence-electron chi connectivity index (χ2n) is 8.84. The molecule has 6 nitrogen and oxygen atoms in total. The molecular weight excluding hydrogens is 434 g/mol. The molecule has 1 aliphatic carbocycles. The summed E-state index contributed by atoms with van der Waals surface area (Å²) in [7, 11) is 0. The number of para-hydroxylation sites is 1. The average Bonchev–Trinajstić information content (AvgIpc) is 2.81. The molecule has 2 amide bonds. The van der Waals surface area contributed by atoms with E-state index in [9.17, 15) is 14.4 Å². The van der Waals surface area contributed by atoms with Crippen molar-refractivity contribution >= 4 is 34.5 Å². The third kappa shape index (κ3) is 5.36. The molecule has 1 saturated carbocycles. The maximum absolute atomic E-state index is 13.5. The summed E-state index contributed by atoms with van der Waals surface area (Å²) in [5, 5.41) is 3.58. The number of rotatable bonds is 6. The zero-order valence-corrected chi connectivity index (χ0v) is 19.8. The van der Waals surface area contributed by atoms with Crippen molar-refractivity contribution < 1.29 is 9.59 Å². The molecule has 0 saturated heterocycles. The quantitative estimate of drug-likeness (QED) is 0.434. The first kappa shape index (κ1) is 23.2. The average molecular weight is 464 g/mol. The number of amides is 2. The van der Waals surface area contributed by atoms with Crippen molar-refractivity contribution in [1.29, 1.82) is 0 Å². The highest BCUT2D eigenvalue weighted by Gasteiger charge is 2.31. The molecule has 4 rings (SSSR count). The smallest absolute Gasteiger partial charge is 0.262 e. The van der Waals surface area contributed by atoms with E-state index in [0.717, 1.165) is 24.8 Å². The normalized spacial score (nSPS) is 20.5. The van der Waals surface area contributed by atoms with Gasteiger partial charge in [-0.3, -0.25) is 24.3 Å². The number of hydrogen-bond donors (Lipinski definition) is 1. The van der Waals surface area contributed by atoms with Crippen LogP contribution in [0.15, 0.2) is 64.5 Å². The van der Waals surface area contributed by atoms with Crippen LogP contribution in [0, 0.1) is 11.8 Å². The maximum Gasteiger partial charge on any atom is 0.262 e. The standard InChI is InChI=1S/C26H29N3O3S/c1-17-9-8-14-22(18(17)2)29-25(32)20-12-6-7-13-21(20)27-26(29)33-16-24(31)28-23(30)15-19-10-4-3-5-11-19/h3-7,10-13,17-18,22H,8-9,14-16H2,1-2H3,(H,28,30,31). The number of nitrogens with one attached hydrogen (secondary N) is 1. The highest BCUT2D eigenvalue weighted by Crippen LogP contribution is 2.38. The lowest BCUT2D eigenvalue weighted by Gasteiger charge is -2.36. The summed E-state index contributed by atoms with van der Waals surface area (Å²) in [4.78, 5) is 43.0. The van der Waals surface area contributed by atoms with Crippen LogP contribution < -0.4 is 10.9 Å². The van der Waals surface area contributed by atoms with Crippen molar-refractivity contribution in [3.63, 3.8) is 0 Å². The molecule has 33 heavy (non-hydrogen) atoms. The lowest BCUT2D eigenvalue weighted by atomic mass is 9.78. The molecule has 7 heteroatoms. The third-order valence-corrected chi connectivity index (χ3v) is 7.54. The van der Waals surface area contributed by atoms with Crippen LogP contribution in [-0.2, 0) is 16.0 Å². The van der Waals surface area contributed by atoms with E-state index in [2.05, 4.69) is 19.2 Å². The van der Waals surface area contributed by atoms with E-state index >= 15 is 0 Å². The summed E-state index contributed by atoms with van der Waals surface area (Å²) in [6, 6.07) is 16.7. The largest absolute Gasteiger partial charge is 0.295 e. The number of carbonyl (C=O) groups is 2. The van der Waals surface area contributed by atoms with Crippen LogP contribution in [0.5, 0.6) is 0 Å². The zero-order chi connectivity index (χ0) is 23.4. The van der Waals surface area contributed by atoms with Crippen molar-refractivity contribution in [2.45, 2.75) is 50.7 Å². The van der Waals surface area contributed by atoms with E-state index in [4.69, 9.17) is 4.98 Å². The predicted octanol–water partition coefficient (Wildman–Crippen LogP) is 4.37. The number of thioether (sulfide) groups is 1. The molecule has 3 unspecified atom stereocenters. The Labute approximate surface area is 197 Å². The molecule has 0 spiro atoms. The number of nitrogens with zero attached hydrogens (tertiary/aromatic N) is 2. The molecule has 172 valence electrons. The van der Waals surface area contributed by atoms with Gasteiger partial charge in [-0.05, 0) is 36.0 Å². The van der Waals surface area contributed by atoms with Gasteiger partial charge in [0.25, 0.3) is 5.56 Å². The molecule has 1 N–H and O–H groups in total. The van der Waals surface area contributed by atoms with Crippen molar-refractivity contribution in [2.75, 3.05) is 5.75 Å². The molecule has 3 atom stereocenters. The van der Waals surface area contributed by atoms with Gasteiger partial charge < -0.3 is 0 Å². The van der Waals surface area contributed by atoms with E-state index in [1.807, 2.05) is 54.6 Å². The predicted molar refractivity (Wildman–Crippen MR) is 131 cm³/mol. The molecule has 1 aliphatic rings. The molecule has 1 fully saturated rings.